The van der Waals surface area contributed by atoms with Crippen LogP contribution in [-0.2, 0) is 4.79 Å². The van der Waals surface area contributed by atoms with E-state index in [1.54, 1.807) is 12.1 Å². The van der Waals surface area contributed by atoms with E-state index in [4.69, 9.17) is 10.8 Å². The average Bonchev–Trinajstić information content (AvgIpc) is 2.18. The van der Waals surface area contributed by atoms with Crippen LogP contribution in [0, 0.1) is 5.92 Å². The van der Waals surface area contributed by atoms with Gasteiger partial charge in [-0.05, 0) is 11.5 Å². The van der Waals surface area contributed by atoms with E-state index in [9.17, 15) is 4.79 Å². The second-order valence-electron chi connectivity index (χ2n) is 4.05. The summed E-state index contributed by atoms with van der Waals surface area (Å²) < 4.78 is 0. The molecule has 1 aromatic rings. The third-order valence-corrected chi connectivity index (χ3v) is 2.58. The third-order valence-electron chi connectivity index (χ3n) is 2.58. The molecule has 0 saturated carbocycles. The Morgan fingerprint density at radius 1 is 1.27 bits per heavy atom. The fourth-order valence-electron chi connectivity index (χ4n) is 1.57. The maximum atomic E-state index is 11.2. The fraction of sp³-hybridized carbons (Fsp3) is 0.417. The Kier molecular flexibility index (Phi) is 3.86. The van der Waals surface area contributed by atoms with Crippen molar-refractivity contribution in [2.75, 3.05) is 0 Å². The molecular weight excluding hydrogens is 190 g/mol. The van der Waals surface area contributed by atoms with Crippen molar-refractivity contribution < 1.29 is 9.90 Å². The van der Waals surface area contributed by atoms with Gasteiger partial charge in [-0.1, -0.05) is 44.2 Å². The fourth-order valence-corrected chi connectivity index (χ4v) is 1.57. The van der Waals surface area contributed by atoms with Gasteiger partial charge in [0.2, 0.25) is 0 Å². The highest BCUT2D eigenvalue weighted by Crippen LogP contribution is 2.22. The Bertz CT molecular complexity index is 322. The molecule has 3 N–H and O–H groups in total. The van der Waals surface area contributed by atoms with Crippen LogP contribution in [0.3, 0.4) is 0 Å². The van der Waals surface area contributed by atoms with Gasteiger partial charge >= 0.3 is 5.97 Å². The van der Waals surface area contributed by atoms with E-state index >= 15 is 0 Å². The van der Waals surface area contributed by atoms with Crippen LogP contribution in [0.4, 0.5) is 0 Å². The van der Waals surface area contributed by atoms with Gasteiger partial charge < -0.3 is 10.8 Å². The van der Waals surface area contributed by atoms with Gasteiger partial charge in [-0.25, -0.2) is 0 Å². The minimum atomic E-state index is -0.859. The smallest absolute Gasteiger partial charge is 0.312 e. The van der Waals surface area contributed by atoms with Crippen molar-refractivity contribution in [2.24, 2.45) is 11.7 Å². The minimum Gasteiger partial charge on any atom is -0.481 e. The van der Waals surface area contributed by atoms with Crippen LogP contribution in [-0.4, -0.2) is 17.1 Å². The molecule has 0 spiro atoms. The highest BCUT2D eigenvalue weighted by atomic mass is 16.4. The van der Waals surface area contributed by atoms with Crippen molar-refractivity contribution in [3.8, 4) is 0 Å². The van der Waals surface area contributed by atoms with Crippen LogP contribution in [0.5, 0.6) is 0 Å². The average molecular weight is 207 g/mol. The van der Waals surface area contributed by atoms with Crippen molar-refractivity contribution in [1.29, 1.82) is 0 Å². The van der Waals surface area contributed by atoms with Gasteiger partial charge in [-0.2, -0.15) is 0 Å². The topological polar surface area (TPSA) is 63.3 Å². The first kappa shape index (κ1) is 11.7. The molecule has 0 bridgehead atoms. The van der Waals surface area contributed by atoms with Crippen LogP contribution in [0.25, 0.3) is 0 Å². The lowest BCUT2D eigenvalue weighted by Crippen LogP contribution is -2.37. The molecule has 82 valence electrons. The Morgan fingerprint density at radius 2 is 1.80 bits per heavy atom. The van der Waals surface area contributed by atoms with Gasteiger partial charge in [0.25, 0.3) is 0 Å². The first-order valence-electron chi connectivity index (χ1n) is 5.07. The molecule has 0 fully saturated rings. The number of hydrogen-bond acceptors (Lipinski definition) is 2. The van der Waals surface area contributed by atoms with E-state index in [0.29, 0.717) is 0 Å². The normalized spacial score (nSPS) is 14.9. The van der Waals surface area contributed by atoms with Gasteiger partial charge in [-0.15, -0.1) is 0 Å². The van der Waals surface area contributed by atoms with E-state index in [-0.39, 0.29) is 12.0 Å². The number of hydrogen-bond donors (Lipinski definition) is 2. The standard InChI is InChI=1S/C12H17NO2/c1-8(2)11(13)10(12(14)15)9-6-4-3-5-7-9/h3-8,10-11H,13H2,1-2H3,(H,14,15). The number of aliphatic carboxylic acids is 1. The second-order valence-corrected chi connectivity index (χ2v) is 4.05. The molecule has 0 aromatic heterocycles. The van der Waals surface area contributed by atoms with Crippen molar-refractivity contribution >= 4 is 5.97 Å². The van der Waals surface area contributed by atoms with Crippen LogP contribution < -0.4 is 5.73 Å². The van der Waals surface area contributed by atoms with Gasteiger partial charge in [0.1, 0.15) is 0 Å². The highest BCUT2D eigenvalue weighted by molar-refractivity contribution is 5.77. The number of nitrogens with two attached hydrogens (primary N) is 1. The van der Waals surface area contributed by atoms with Gasteiger partial charge in [0.15, 0.2) is 0 Å². The summed E-state index contributed by atoms with van der Waals surface area (Å²) >= 11 is 0. The predicted octanol–water partition coefficient (Wildman–Crippen LogP) is 1.84. The van der Waals surface area contributed by atoms with E-state index in [0.717, 1.165) is 5.56 Å². The Hall–Kier alpha value is -1.35. The molecule has 0 heterocycles. The monoisotopic (exact) mass is 207 g/mol. The molecule has 2 atom stereocenters. The first-order chi connectivity index (χ1) is 7.04. The lowest BCUT2D eigenvalue weighted by atomic mass is 9.86. The number of carbonyl (C=O) groups is 1. The summed E-state index contributed by atoms with van der Waals surface area (Å²) in [5.74, 6) is -1.33. The highest BCUT2D eigenvalue weighted by Gasteiger charge is 2.28. The lowest BCUT2D eigenvalue weighted by Gasteiger charge is -2.23. The summed E-state index contributed by atoms with van der Waals surface area (Å²) in [5.41, 5.74) is 6.68. The molecule has 3 heteroatoms. The number of rotatable bonds is 4. The van der Waals surface area contributed by atoms with Gasteiger partial charge in [0, 0.05) is 6.04 Å². The molecule has 0 aliphatic rings. The van der Waals surface area contributed by atoms with Crippen LogP contribution >= 0.6 is 0 Å². The molecule has 0 aliphatic heterocycles. The number of benzene rings is 1. The zero-order chi connectivity index (χ0) is 11.4. The molecule has 15 heavy (non-hydrogen) atoms. The maximum absolute atomic E-state index is 11.2. The largest absolute Gasteiger partial charge is 0.481 e. The first-order valence-corrected chi connectivity index (χ1v) is 5.07. The van der Waals surface area contributed by atoms with Crippen molar-refractivity contribution in [1.82, 2.24) is 0 Å². The molecular formula is C12H17NO2. The van der Waals surface area contributed by atoms with Crippen molar-refractivity contribution in [3.05, 3.63) is 35.9 Å². The molecule has 3 nitrogen and oxygen atoms in total. The second kappa shape index (κ2) is 4.94. The SMILES string of the molecule is CC(C)C(N)C(C(=O)O)c1ccccc1. The number of carboxylic acid groups (broad SMARTS) is 1. The van der Waals surface area contributed by atoms with E-state index in [2.05, 4.69) is 0 Å². The van der Waals surface area contributed by atoms with Crippen molar-refractivity contribution in [3.63, 3.8) is 0 Å². The number of carboxylic acids is 1. The minimum absolute atomic E-state index is 0.145. The van der Waals surface area contributed by atoms with Crippen LogP contribution in [0.1, 0.15) is 25.3 Å². The van der Waals surface area contributed by atoms with E-state index in [1.165, 1.54) is 0 Å². The van der Waals surface area contributed by atoms with E-state index in [1.807, 2.05) is 32.0 Å². The van der Waals surface area contributed by atoms with Crippen LogP contribution in [0.15, 0.2) is 30.3 Å². The van der Waals surface area contributed by atoms with Gasteiger partial charge in [0.05, 0.1) is 5.92 Å². The summed E-state index contributed by atoms with van der Waals surface area (Å²) in [6, 6.07) is 8.78. The molecule has 1 rings (SSSR count). The quantitative estimate of drug-likeness (QED) is 0.791. The molecule has 1 aromatic carbocycles. The van der Waals surface area contributed by atoms with E-state index < -0.39 is 11.9 Å². The Morgan fingerprint density at radius 3 is 2.20 bits per heavy atom. The Balaban J connectivity index is 2.99. The summed E-state index contributed by atoms with van der Waals surface area (Å²) in [6.45, 7) is 3.87. The zero-order valence-corrected chi connectivity index (χ0v) is 9.05. The third kappa shape index (κ3) is 2.80. The Labute approximate surface area is 89.9 Å². The van der Waals surface area contributed by atoms with Crippen LogP contribution in [0.2, 0.25) is 0 Å². The maximum Gasteiger partial charge on any atom is 0.312 e. The van der Waals surface area contributed by atoms with Crippen molar-refractivity contribution in [2.45, 2.75) is 25.8 Å². The summed E-state index contributed by atoms with van der Waals surface area (Å²) in [5, 5.41) is 9.17. The van der Waals surface area contributed by atoms with Gasteiger partial charge in [-0.3, -0.25) is 4.79 Å². The molecule has 0 radical (unpaired) electrons. The zero-order valence-electron chi connectivity index (χ0n) is 9.05. The predicted molar refractivity (Wildman–Crippen MR) is 59.6 cm³/mol. The lowest BCUT2D eigenvalue weighted by molar-refractivity contribution is -0.139. The summed E-state index contributed by atoms with van der Waals surface area (Å²) in [7, 11) is 0. The summed E-state index contributed by atoms with van der Waals surface area (Å²) in [6.07, 6.45) is 0. The molecule has 2 unspecified atom stereocenters. The summed E-state index contributed by atoms with van der Waals surface area (Å²) in [4.78, 5) is 11.2. The molecule has 0 saturated heterocycles. The molecule has 0 aliphatic carbocycles. The molecule has 0 amide bonds.